The van der Waals surface area contributed by atoms with Gasteiger partial charge < -0.3 is 19.5 Å². The normalized spacial score (nSPS) is 13.9. The van der Waals surface area contributed by atoms with Crippen LogP contribution in [0.2, 0.25) is 0 Å². The number of anilines is 1. The third kappa shape index (κ3) is 4.94. The number of fused-ring (bicyclic) bond motifs is 1. The van der Waals surface area contributed by atoms with Gasteiger partial charge in [0.25, 0.3) is 0 Å². The van der Waals surface area contributed by atoms with Crippen LogP contribution in [0.25, 0.3) is 11.3 Å². The molecule has 0 fully saturated rings. The molecule has 0 spiro atoms. The minimum Gasteiger partial charge on any atom is -0.462 e. The van der Waals surface area contributed by atoms with Crippen LogP contribution < -0.4 is 14.8 Å². The highest BCUT2D eigenvalue weighted by atomic mass is 19.3. The van der Waals surface area contributed by atoms with Gasteiger partial charge in [-0.3, -0.25) is 4.79 Å². The molecule has 0 saturated carbocycles. The summed E-state index contributed by atoms with van der Waals surface area (Å²) < 4.78 is 40.8. The van der Waals surface area contributed by atoms with Gasteiger partial charge in [-0.05, 0) is 69.2 Å². The van der Waals surface area contributed by atoms with Crippen molar-refractivity contribution in [3.05, 3.63) is 71.3 Å². The highest BCUT2D eigenvalue weighted by Gasteiger charge is 2.44. The number of hydrogen-bond donors (Lipinski definition) is 1. The summed E-state index contributed by atoms with van der Waals surface area (Å²) in [6.07, 6.45) is -3.74. The number of halogens is 2. The van der Waals surface area contributed by atoms with Crippen LogP contribution in [0.1, 0.15) is 42.3 Å². The summed E-state index contributed by atoms with van der Waals surface area (Å²) in [7, 11) is 0. The zero-order chi connectivity index (χ0) is 25.4. The van der Waals surface area contributed by atoms with Crippen LogP contribution in [0.3, 0.4) is 0 Å². The van der Waals surface area contributed by atoms with Crippen molar-refractivity contribution < 1.29 is 32.6 Å². The van der Waals surface area contributed by atoms with Crippen molar-refractivity contribution in [3.63, 3.8) is 0 Å². The number of esters is 1. The maximum absolute atomic E-state index is 13.4. The lowest BCUT2D eigenvalue weighted by Gasteiger charge is -2.24. The molecule has 1 aliphatic rings. The molecule has 1 aliphatic heterocycles. The Morgan fingerprint density at radius 2 is 1.80 bits per heavy atom. The molecule has 0 saturated heterocycles. The Balaban J connectivity index is 1.58. The summed E-state index contributed by atoms with van der Waals surface area (Å²) in [6.45, 7) is 7.20. The first kappa shape index (κ1) is 24.1. The van der Waals surface area contributed by atoms with Crippen molar-refractivity contribution in [1.82, 2.24) is 4.98 Å². The summed E-state index contributed by atoms with van der Waals surface area (Å²) in [5.74, 6) is -0.752. The number of aromatic nitrogens is 1. The lowest BCUT2D eigenvalue weighted by molar-refractivity contribution is -0.286. The van der Waals surface area contributed by atoms with E-state index in [-0.39, 0.29) is 18.1 Å². The fourth-order valence-corrected chi connectivity index (χ4v) is 3.64. The average Bonchev–Trinajstić information content (AvgIpc) is 3.13. The Morgan fingerprint density at radius 1 is 1.06 bits per heavy atom. The predicted molar refractivity (Wildman–Crippen MR) is 125 cm³/mol. The fraction of sp³-hybridized carbons (Fsp3) is 0.269. The van der Waals surface area contributed by atoms with Gasteiger partial charge in [0.15, 0.2) is 11.5 Å². The van der Waals surface area contributed by atoms with Crippen molar-refractivity contribution in [2.75, 3.05) is 11.9 Å². The molecule has 9 heteroatoms. The van der Waals surface area contributed by atoms with E-state index in [1.54, 1.807) is 45.0 Å². The molecule has 0 aliphatic carbocycles. The molecule has 2 aromatic carbocycles. The maximum atomic E-state index is 13.4. The van der Waals surface area contributed by atoms with Crippen LogP contribution in [0.4, 0.5) is 14.6 Å². The number of benzene rings is 2. The number of amides is 1. The second-order valence-corrected chi connectivity index (χ2v) is 8.57. The molecule has 2 heterocycles. The Kier molecular flexibility index (Phi) is 6.19. The van der Waals surface area contributed by atoms with E-state index < -0.39 is 23.6 Å². The van der Waals surface area contributed by atoms with Crippen molar-refractivity contribution in [1.29, 1.82) is 0 Å². The number of nitrogens with one attached hydrogen (secondary N) is 1. The van der Waals surface area contributed by atoms with Gasteiger partial charge in [0.2, 0.25) is 5.91 Å². The molecule has 1 N–H and O–H groups in total. The van der Waals surface area contributed by atoms with Gasteiger partial charge in [-0.1, -0.05) is 24.3 Å². The maximum Gasteiger partial charge on any atom is 0.586 e. The Bertz CT molecular complexity index is 1310. The summed E-state index contributed by atoms with van der Waals surface area (Å²) in [5.41, 5.74) is 1.89. The van der Waals surface area contributed by atoms with Crippen molar-refractivity contribution >= 4 is 17.7 Å². The fourth-order valence-electron chi connectivity index (χ4n) is 3.64. The van der Waals surface area contributed by atoms with E-state index in [1.807, 2.05) is 19.1 Å². The number of alkyl halides is 2. The first-order valence-electron chi connectivity index (χ1n) is 11.0. The van der Waals surface area contributed by atoms with Gasteiger partial charge in [0.05, 0.1) is 23.3 Å². The smallest absolute Gasteiger partial charge is 0.462 e. The summed E-state index contributed by atoms with van der Waals surface area (Å²) >= 11 is 0. The largest absolute Gasteiger partial charge is 0.586 e. The van der Waals surface area contributed by atoms with Crippen molar-refractivity contribution in [2.45, 2.75) is 39.4 Å². The van der Waals surface area contributed by atoms with E-state index in [0.29, 0.717) is 28.2 Å². The molecule has 7 nitrogen and oxygen atoms in total. The van der Waals surface area contributed by atoms with Crippen LogP contribution in [0.15, 0.2) is 54.6 Å². The lowest BCUT2D eigenvalue weighted by Crippen LogP contribution is -2.35. The topological polar surface area (TPSA) is 86.8 Å². The van der Waals surface area contributed by atoms with E-state index in [0.717, 1.165) is 5.56 Å². The molecular formula is C26H24F2N2O5. The van der Waals surface area contributed by atoms with Crippen LogP contribution in [-0.4, -0.2) is 29.8 Å². The number of hydrogen-bond acceptors (Lipinski definition) is 6. The number of carbonyl (C=O) groups is 2. The summed E-state index contributed by atoms with van der Waals surface area (Å²) in [6, 6.07) is 14.6. The lowest BCUT2D eigenvalue weighted by atomic mass is 9.83. The van der Waals surface area contributed by atoms with Crippen molar-refractivity contribution in [2.24, 2.45) is 0 Å². The molecule has 4 rings (SSSR count). The van der Waals surface area contributed by atoms with Crippen LogP contribution in [0.5, 0.6) is 11.5 Å². The molecule has 3 aromatic rings. The van der Waals surface area contributed by atoms with E-state index in [4.69, 9.17) is 4.74 Å². The van der Waals surface area contributed by atoms with Crippen LogP contribution in [-0.2, 0) is 14.9 Å². The molecule has 182 valence electrons. The Labute approximate surface area is 201 Å². The van der Waals surface area contributed by atoms with Gasteiger partial charge in [-0.15, -0.1) is 8.78 Å². The predicted octanol–water partition coefficient (Wildman–Crippen LogP) is 5.47. The zero-order valence-corrected chi connectivity index (χ0v) is 19.6. The van der Waals surface area contributed by atoms with E-state index in [2.05, 4.69) is 19.8 Å². The summed E-state index contributed by atoms with van der Waals surface area (Å²) in [5, 5.41) is 2.80. The highest BCUT2D eigenvalue weighted by molar-refractivity contribution is 5.98. The molecule has 0 atom stereocenters. The number of pyridine rings is 1. The molecule has 35 heavy (non-hydrogen) atoms. The van der Waals surface area contributed by atoms with Gasteiger partial charge in [0, 0.05) is 5.56 Å². The molecule has 0 radical (unpaired) electrons. The minimum absolute atomic E-state index is 0.0927. The average molecular weight is 482 g/mol. The molecule has 0 bridgehead atoms. The number of rotatable bonds is 6. The number of carbonyl (C=O) groups excluding carboxylic acids is 2. The van der Waals surface area contributed by atoms with Crippen LogP contribution in [0, 0.1) is 6.92 Å². The third-order valence-corrected chi connectivity index (χ3v) is 5.68. The van der Waals surface area contributed by atoms with Gasteiger partial charge >= 0.3 is 12.3 Å². The van der Waals surface area contributed by atoms with Crippen molar-refractivity contribution in [3.8, 4) is 22.8 Å². The number of nitrogens with zero attached hydrogens (tertiary/aromatic N) is 1. The second kappa shape index (κ2) is 8.98. The number of ether oxygens (including phenoxy) is 3. The van der Waals surface area contributed by atoms with Gasteiger partial charge in [-0.2, -0.15) is 0 Å². The van der Waals surface area contributed by atoms with Gasteiger partial charge in [0.1, 0.15) is 5.82 Å². The monoisotopic (exact) mass is 482 g/mol. The van der Waals surface area contributed by atoms with Gasteiger partial charge in [-0.25, -0.2) is 9.78 Å². The molecular weight excluding hydrogens is 458 g/mol. The zero-order valence-electron chi connectivity index (χ0n) is 19.6. The molecule has 0 unspecified atom stereocenters. The number of aryl methyl sites for hydroxylation is 1. The summed E-state index contributed by atoms with van der Waals surface area (Å²) in [4.78, 5) is 29.9. The van der Waals surface area contributed by atoms with E-state index >= 15 is 0 Å². The standard InChI is InChI=1S/C26H24F2N2O5/c1-5-33-23(31)17-8-6-7-16(13-17)22-15(2)9-12-21(29-22)30-24(32)25(3,4)18-10-11-19-20(14-18)35-26(27,28)34-19/h6-14H,5H2,1-4H3,(H,29,30,32). The Morgan fingerprint density at radius 3 is 2.54 bits per heavy atom. The Hall–Kier alpha value is -4.01. The third-order valence-electron chi connectivity index (χ3n) is 5.68. The van der Waals surface area contributed by atoms with Crippen LogP contribution >= 0.6 is 0 Å². The van der Waals surface area contributed by atoms with E-state index in [1.165, 1.54) is 18.2 Å². The molecule has 1 aromatic heterocycles. The first-order chi connectivity index (χ1) is 16.5. The highest BCUT2D eigenvalue weighted by Crippen LogP contribution is 2.43. The second-order valence-electron chi connectivity index (χ2n) is 8.57. The SMILES string of the molecule is CCOC(=O)c1cccc(-c2nc(NC(=O)C(C)(C)c3ccc4c(c3)OC(F)(F)O4)ccc2C)c1. The first-order valence-corrected chi connectivity index (χ1v) is 11.0. The minimum atomic E-state index is -3.74. The quantitative estimate of drug-likeness (QED) is 0.469. The molecule has 1 amide bonds. The van der Waals surface area contributed by atoms with E-state index in [9.17, 15) is 18.4 Å².